The Morgan fingerprint density at radius 1 is 1.19 bits per heavy atom. The Labute approximate surface area is 125 Å². The minimum absolute atomic E-state index is 0.155. The van der Waals surface area contributed by atoms with Crippen LogP contribution in [-0.2, 0) is 11.3 Å². The lowest BCUT2D eigenvalue weighted by Crippen LogP contribution is -2.32. The van der Waals surface area contributed by atoms with Gasteiger partial charge in [-0.25, -0.2) is 0 Å². The lowest BCUT2D eigenvalue weighted by molar-refractivity contribution is 0.0278. The van der Waals surface area contributed by atoms with E-state index < -0.39 is 6.10 Å². The van der Waals surface area contributed by atoms with Crippen molar-refractivity contribution in [2.75, 3.05) is 13.2 Å². The molecule has 4 nitrogen and oxygen atoms in total. The molecule has 1 aromatic carbocycles. The molecule has 21 heavy (non-hydrogen) atoms. The van der Waals surface area contributed by atoms with Gasteiger partial charge in [-0.15, -0.1) is 0 Å². The second-order valence-corrected chi connectivity index (χ2v) is 5.07. The summed E-state index contributed by atoms with van der Waals surface area (Å²) in [5, 5.41) is 13.2. The second kappa shape index (κ2) is 8.52. The Morgan fingerprint density at radius 2 is 2.00 bits per heavy atom. The molecule has 0 spiro atoms. The lowest BCUT2D eigenvalue weighted by atomic mass is 10.1. The lowest BCUT2D eigenvalue weighted by Gasteiger charge is -2.17. The Morgan fingerprint density at radius 3 is 2.71 bits per heavy atom. The minimum Gasteiger partial charge on any atom is -0.389 e. The first-order valence-corrected chi connectivity index (χ1v) is 7.18. The third-order valence-electron chi connectivity index (χ3n) is 3.27. The van der Waals surface area contributed by atoms with E-state index in [4.69, 9.17) is 4.74 Å². The Bertz CT molecular complexity index is 505. The van der Waals surface area contributed by atoms with Gasteiger partial charge in [0.05, 0.1) is 19.3 Å². The number of hydrogen-bond acceptors (Lipinski definition) is 4. The fraction of sp³-hybridized carbons (Fsp3) is 0.353. The topological polar surface area (TPSA) is 54.4 Å². The number of rotatable bonds is 8. The number of aliphatic hydroxyl groups excluding tert-OH is 1. The average Bonchev–Trinajstić information content (AvgIpc) is 2.54. The van der Waals surface area contributed by atoms with Gasteiger partial charge < -0.3 is 15.2 Å². The van der Waals surface area contributed by atoms with Crippen LogP contribution in [-0.4, -0.2) is 29.3 Å². The predicted octanol–water partition coefficient (Wildman–Crippen LogP) is 2.31. The molecule has 2 rings (SSSR count). The molecular formula is C17H22N2O2. The summed E-state index contributed by atoms with van der Waals surface area (Å²) in [7, 11) is 0. The van der Waals surface area contributed by atoms with E-state index in [9.17, 15) is 5.11 Å². The van der Waals surface area contributed by atoms with E-state index in [1.165, 1.54) is 0 Å². The van der Waals surface area contributed by atoms with E-state index in [1.807, 2.05) is 48.7 Å². The minimum atomic E-state index is -0.521. The Balaban J connectivity index is 1.64. The first kappa shape index (κ1) is 15.6. The number of aliphatic hydroxyl groups is 1. The molecule has 1 unspecified atom stereocenters. The maximum Gasteiger partial charge on any atom is 0.0898 e. The number of aromatic nitrogens is 1. The van der Waals surface area contributed by atoms with Gasteiger partial charge in [-0.05, 0) is 24.1 Å². The summed E-state index contributed by atoms with van der Waals surface area (Å²) in [6.07, 6.45) is 3.06. The molecule has 0 aliphatic rings. The number of nitrogens with zero attached hydrogens (tertiary/aromatic N) is 1. The Hall–Kier alpha value is -1.75. The van der Waals surface area contributed by atoms with Gasteiger partial charge >= 0.3 is 0 Å². The van der Waals surface area contributed by atoms with Crippen molar-refractivity contribution in [3.63, 3.8) is 0 Å². The highest BCUT2D eigenvalue weighted by Gasteiger charge is 2.09. The van der Waals surface area contributed by atoms with Crippen molar-refractivity contribution in [3.8, 4) is 0 Å². The van der Waals surface area contributed by atoms with Crippen LogP contribution in [0.3, 0.4) is 0 Å². The number of benzene rings is 1. The quantitative estimate of drug-likeness (QED) is 0.782. The van der Waals surface area contributed by atoms with Gasteiger partial charge in [-0.3, -0.25) is 4.98 Å². The van der Waals surface area contributed by atoms with Crippen LogP contribution in [0.25, 0.3) is 0 Å². The third-order valence-corrected chi connectivity index (χ3v) is 3.27. The van der Waals surface area contributed by atoms with Crippen molar-refractivity contribution in [1.82, 2.24) is 10.3 Å². The maximum atomic E-state index is 9.92. The van der Waals surface area contributed by atoms with Gasteiger partial charge in [0.2, 0.25) is 0 Å². The molecular weight excluding hydrogens is 264 g/mol. The van der Waals surface area contributed by atoms with Crippen LogP contribution in [0.5, 0.6) is 0 Å². The molecule has 0 saturated carbocycles. The van der Waals surface area contributed by atoms with E-state index >= 15 is 0 Å². The Kier molecular flexibility index (Phi) is 6.34. The van der Waals surface area contributed by atoms with Crippen LogP contribution in [0.1, 0.15) is 24.1 Å². The van der Waals surface area contributed by atoms with Gasteiger partial charge in [0.15, 0.2) is 0 Å². The molecule has 4 heteroatoms. The highest BCUT2D eigenvalue weighted by molar-refractivity contribution is 5.13. The zero-order chi connectivity index (χ0) is 14.9. The van der Waals surface area contributed by atoms with Crippen LogP contribution in [0.2, 0.25) is 0 Å². The van der Waals surface area contributed by atoms with Gasteiger partial charge in [-0.2, -0.15) is 0 Å². The summed E-state index contributed by atoms with van der Waals surface area (Å²) in [4.78, 5) is 4.09. The van der Waals surface area contributed by atoms with Crippen molar-refractivity contribution < 1.29 is 9.84 Å². The highest BCUT2D eigenvalue weighted by Crippen LogP contribution is 2.09. The van der Waals surface area contributed by atoms with Crippen LogP contribution >= 0.6 is 0 Å². The number of ether oxygens (including phenoxy) is 1. The van der Waals surface area contributed by atoms with Crippen LogP contribution < -0.4 is 5.32 Å². The van der Waals surface area contributed by atoms with Crippen molar-refractivity contribution in [2.24, 2.45) is 0 Å². The average molecular weight is 286 g/mol. The van der Waals surface area contributed by atoms with Crippen molar-refractivity contribution >= 4 is 0 Å². The molecule has 2 N–H and O–H groups in total. The number of hydrogen-bond donors (Lipinski definition) is 2. The molecule has 1 aromatic heterocycles. The third kappa shape index (κ3) is 5.63. The second-order valence-electron chi connectivity index (χ2n) is 5.07. The fourth-order valence-corrected chi connectivity index (χ4v) is 2.01. The van der Waals surface area contributed by atoms with Gasteiger partial charge in [0.1, 0.15) is 0 Å². The standard InChI is InChI=1S/C17H22N2O2/c1-14(16-8-5-9-18-10-16)19-11-17(20)13-21-12-15-6-3-2-4-7-15/h2-10,14,17,19-20H,11-13H2,1H3/t14-,17?/m1/s1. The van der Waals surface area contributed by atoms with E-state index in [0.29, 0.717) is 19.8 Å². The molecule has 0 saturated heterocycles. The van der Waals surface area contributed by atoms with Gasteiger partial charge in [0.25, 0.3) is 0 Å². The molecule has 0 radical (unpaired) electrons. The summed E-state index contributed by atoms with van der Waals surface area (Å²) in [6, 6.07) is 14.0. The van der Waals surface area contributed by atoms with Crippen LogP contribution in [0.15, 0.2) is 54.9 Å². The first-order valence-electron chi connectivity index (χ1n) is 7.18. The zero-order valence-corrected chi connectivity index (χ0v) is 12.3. The molecule has 2 aromatic rings. The van der Waals surface area contributed by atoms with Crippen LogP contribution in [0.4, 0.5) is 0 Å². The monoisotopic (exact) mass is 286 g/mol. The van der Waals surface area contributed by atoms with Crippen LogP contribution in [0, 0.1) is 0 Å². The predicted molar refractivity (Wildman–Crippen MR) is 82.8 cm³/mol. The molecule has 0 aliphatic carbocycles. The molecule has 112 valence electrons. The van der Waals surface area contributed by atoms with Gasteiger partial charge in [0, 0.05) is 25.0 Å². The first-order chi connectivity index (χ1) is 10.3. The normalized spacial score (nSPS) is 13.8. The number of nitrogens with one attached hydrogen (secondary N) is 1. The summed E-state index contributed by atoms with van der Waals surface area (Å²) in [5.41, 5.74) is 2.22. The fourth-order valence-electron chi connectivity index (χ4n) is 2.01. The van der Waals surface area contributed by atoms with E-state index in [0.717, 1.165) is 11.1 Å². The van der Waals surface area contributed by atoms with E-state index in [2.05, 4.69) is 17.2 Å². The molecule has 0 fully saturated rings. The highest BCUT2D eigenvalue weighted by atomic mass is 16.5. The SMILES string of the molecule is C[C@@H](NCC(O)COCc1ccccc1)c1cccnc1. The molecule has 2 atom stereocenters. The van der Waals surface area contributed by atoms with Crippen molar-refractivity contribution in [1.29, 1.82) is 0 Å². The summed E-state index contributed by atoms with van der Waals surface area (Å²) >= 11 is 0. The zero-order valence-electron chi connectivity index (χ0n) is 12.3. The molecule has 0 bridgehead atoms. The molecule has 0 amide bonds. The van der Waals surface area contributed by atoms with Crippen molar-refractivity contribution in [3.05, 3.63) is 66.0 Å². The van der Waals surface area contributed by atoms with E-state index in [1.54, 1.807) is 6.20 Å². The smallest absolute Gasteiger partial charge is 0.0898 e. The van der Waals surface area contributed by atoms with Gasteiger partial charge in [-0.1, -0.05) is 36.4 Å². The van der Waals surface area contributed by atoms with E-state index in [-0.39, 0.29) is 6.04 Å². The molecule has 1 heterocycles. The largest absolute Gasteiger partial charge is 0.389 e. The number of pyridine rings is 1. The van der Waals surface area contributed by atoms with Crippen molar-refractivity contribution in [2.45, 2.75) is 25.7 Å². The maximum absolute atomic E-state index is 9.92. The molecule has 0 aliphatic heterocycles. The summed E-state index contributed by atoms with van der Waals surface area (Å²) < 4.78 is 5.52. The summed E-state index contributed by atoms with van der Waals surface area (Å²) in [6.45, 7) is 3.39. The summed E-state index contributed by atoms with van der Waals surface area (Å²) in [5.74, 6) is 0.